The molecular formula is C15H25NO2. The van der Waals surface area contributed by atoms with E-state index in [4.69, 9.17) is 9.47 Å². The van der Waals surface area contributed by atoms with Crippen molar-refractivity contribution in [3.05, 3.63) is 35.9 Å². The van der Waals surface area contributed by atoms with E-state index < -0.39 is 0 Å². The lowest BCUT2D eigenvalue weighted by atomic mass is 9.98. The minimum atomic E-state index is 0.100. The van der Waals surface area contributed by atoms with Gasteiger partial charge in [0.15, 0.2) is 0 Å². The van der Waals surface area contributed by atoms with E-state index in [-0.39, 0.29) is 6.10 Å². The van der Waals surface area contributed by atoms with Gasteiger partial charge in [-0.15, -0.1) is 0 Å². The van der Waals surface area contributed by atoms with Crippen LogP contribution in [-0.2, 0) is 9.47 Å². The molecule has 3 nitrogen and oxygen atoms in total. The number of methoxy groups -OCH3 is 2. The van der Waals surface area contributed by atoms with E-state index >= 15 is 0 Å². The highest BCUT2D eigenvalue weighted by atomic mass is 16.5. The predicted molar refractivity (Wildman–Crippen MR) is 74.8 cm³/mol. The van der Waals surface area contributed by atoms with Crippen molar-refractivity contribution in [3.8, 4) is 0 Å². The molecule has 0 aliphatic heterocycles. The van der Waals surface area contributed by atoms with Crippen molar-refractivity contribution < 1.29 is 9.47 Å². The second kappa shape index (κ2) is 9.09. The lowest BCUT2D eigenvalue weighted by Gasteiger charge is -2.27. The van der Waals surface area contributed by atoms with E-state index in [0.717, 1.165) is 26.0 Å². The molecule has 102 valence electrons. The van der Waals surface area contributed by atoms with Gasteiger partial charge in [0.2, 0.25) is 0 Å². The Kier molecular flexibility index (Phi) is 7.65. The van der Waals surface area contributed by atoms with Gasteiger partial charge in [-0.25, -0.2) is 0 Å². The topological polar surface area (TPSA) is 30.5 Å². The molecule has 0 aliphatic carbocycles. The molecule has 1 aromatic carbocycles. The molecule has 0 radical (unpaired) electrons. The van der Waals surface area contributed by atoms with Crippen LogP contribution in [0.25, 0.3) is 0 Å². The predicted octanol–water partition coefficient (Wildman–Crippen LogP) is 2.78. The van der Waals surface area contributed by atoms with Gasteiger partial charge in [0.25, 0.3) is 0 Å². The van der Waals surface area contributed by atoms with Crippen molar-refractivity contribution in [2.75, 3.05) is 27.4 Å². The number of nitrogens with one attached hydrogen (secondary N) is 1. The van der Waals surface area contributed by atoms with Gasteiger partial charge in [-0.05, 0) is 24.9 Å². The summed E-state index contributed by atoms with van der Waals surface area (Å²) in [7, 11) is 3.52. The van der Waals surface area contributed by atoms with Crippen LogP contribution in [0, 0.1) is 0 Å². The van der Waals surface area contributed by atoms with Crippen LogP contribution in [0.1, 0.15) is 31.4 Å². The van der Waals surface area contributed by atoms with Gasteiger partial charge in [0.1, 0.15) is 0 Å². The minimum absolute atomic E-state index is 0.100. The van der Waals surface area contributed by atoms with E-state index in [9.17, 15) is 0 Å². The minimum Gasteiger partial charge on any atom is -0.385 e. The fraction of sp³-hybridized carbons (Fsp3) is 0.600. The summed E-state index contributed by atoms with van der Waals surface area (Å²) in [6.07, 6.45) is 2.19. The van der Waals surface area contributed by atoms with E-state index in [0.29, 0.717) is 6.04 Å². The number of hydrogen-bond donors (Lipinski definition) is 1. The summed E-state index contributed by atoms with van der Waals surface area (Å²) in [5, 5.41) is 3.51. The molecule has 2 unspecified atom stereocenters. The lowest BCUT2D eigenvalue weighted by molar-refractivity contribution is 0.0615. The van der Waals surface area contributed by atoms with Crippen LogP contribution in [-0.4, -0.2) is 33.4 Å². The SMILES string of the molecule is CCNC(CCCOC)C(OC)c1ccccc1. The number of likely N-dealkylation sites (N-methyl/N-ethyl adjacent to an activating group) is 1. The van der Waals surface area contributed by atoms with Gasteiger partial charge in [-0.2, -0.15) is 0 Å². The number of hydrogen-bond acceptors (Lipinski definition) is 3. The van der Waals surface area contributed by atoms with Crippen LogP contribution in [0.15, 0.2) is 30.3 Å². The van der Waals surface area contributed by atoms with E-state index in [2.05, 4.69) is 36.5 Å². The smallest absolute Gasteiger partial charge is 0.0974 e. The Bertz CT molecular complexity index is 303. The molecule has 0 amide bonds. The summed E-state index contributed by atoms with van der Waals surface area (Å²) in [6.45, 7) is 3.87. The van der Waals surface area contributed by atoms with Crippen LogP contribution in [0.5, 0.6) is 0 Å². The zero-order chi connectivity index (χ0) is 13.2. The average molecular weight is 251 g/mol. The van der Waals surface area contributed by atoms with Crippen LogP contribution < -0.4 is 5.32 Å². The maximum absolute atomic E-state index is 5.68. The van der Waals surface area contributed by atoms with Crippen molar-refractivity contribution in [2.45, 2.75) is 31.9 Å². The second-order valence-corrected chi connectivity index (χ2v) is 4.37. The summed E-state index contributed by atoms with van der Waals surface area (Å²) in [5.74, 6) is 0. The summed E-state index contributed by atoms with van der Waals surface area (Å²) in [6, 6.07) is 10.7. The van der Waals surface area contributed by atoms with Gasteiger partial charge in [0.05, 0.1) is 6.10 Å². The molecule has 2 atom stereocenters. The Morgan fingerprint density at radius 2 is 1.89 bits per heavy atom. The van der Waals surface area contributed by atoms with E-state index in [1.165, 1.54) is 5.56 Å². The first-order valence-electron chi connectivity index (χ1n) is 6.63. The molecule has 0 heterocycles. The number of benzene rings is 1. The Morgan fingerprint density at radius 1 is 1.17 bits per heavy atom. The fourth-order valence-electron chi connectivity index (χ4n) is 2.25. The van der Waals surface area contributed by atoms with Gasteiger partial charge < -0.3 is 14.8 Å². The Balaban J connectivity index is 2.67. The highest BCUT2D eigenvalue weighted by molar-refractivity contribution is 5.19. The first kappa shape index (κ1) is 15.2. The molecule has 0 saturated heterocycles. The van der Waals surface area contributed by atoms with Crippen molar-refractivity contribution in [2.24, 2.45) is 0 Å². The van der Waals surface area contributed by atoms with Gasteiger partial charge in [-0.3, -0.25) is 0 Å². The molecule has 18 heavy (non-hydrogen) atoms. The highest BCUT2D eigenvalue weighted by Crippen LogP contribution is 2.23. The summed E-state index contributed by atoms with van der Waals surface area (Å²) < 4.78 is 10.8. The number of ether oxygens (including phenoxy) is 2. The maximum atomic E-state index is 5.68. The molecule has 3 heteroatoms. The molecule has 0 spiro atoms. The van der Waals surface area contributed by atoms with Crippen molar-refractivity contribution in [3.63, 3.8) is 0 Å². The van der Waals surface area contributed by atoms with Crippen molar-refractivity contribution in [1.29, 1.82) is 0 Å². The zero-order valence-electron chi connectivity index (χ0n) is 11.7. The lowest BCUT2D eigenvalue weighted by Crippen LogP contribution is -2.36. The summed E-state index contributed by atoms with van der Waals surface area (Å²) >= 11 is 0. The number of rotatable bonds is 9. The van der Waals surface area contributed by atoms with Gasteiger partial charge in [-0.1, -0.05) is 37.3 Å². The third-order valence-corrected chi connectivity index (χ3v) is 3.08. The van der Waals surface area contributed by atoms with Gasteiger partial charge >= 0.3 is 0 Å². The second-order valence-electron chi connectivity index (χ2n) is 4.37. The zero-order valence-corrected chi connectivity index (χ0v) is 11.7. The Morgan fingerprint density at radius 3 is 2.44 bits per heavy atom. The first-order valence-corrected chi connectivity index (χ1v) is 6.63. The van der Waals surface area contributed by atoms with Crippen LogP contribution in [0.4, 0.5) is 0 Å². The first-order chi connectivity index (χ1) is 8.83. The molecule has 1 aromatic rings. The molecule has 0 aromatic heterocycles. The summed E-state index contributed by atoms with van der Waals surface area (Å²) in [4.78, 5) is 0. The summed E-state index contributed by atoms with van der Waals surface area (Å²) in [5.41, 5.74) is 1.23. The Labute approximate surface area is 110 Å². The Hall–Kier alpha value is -0.900. The maximum Gasteiger partial charge on any atom is 0.0974 e. The van der Waals surface area contributed by atoms with Crippen molar-refractivity contribution in [1.82, 2.24) is 5.32 Å². The molecule has 0 saturated carbocycles. The third kappa shape index (κ3) is 4.77. The molecule has 1 rings (SSSR count). The van der Waals surface area contributed by atoms with Gasteiger partial charge in [0, 0.05) is 26.9 Å². The molecule has 0 bridgehead atoms. The third-order valence-electron chi connectivity index (χ3n) is 3.08. The molecule has 0 fully saturated rings. The normalized spacial score (nSPS) is 14.4. The molecule has 1 N–H and O–H groups in total. The van der Waals surface area contributed by atoms with E-state index in [1.54, 1.807) is 14.2 Å². The van der Waals surface area contributed by atoms with E-state index in [1.807, 2.05) is 6.07 Å². The highest BCUT2D eigenvalue weighted by Gasteiger charge is 2.21. The average Bonchev–Trinajstić information content (AvgIpc) is 2.41. The molecular weight excluding hydrogens is 226 g/mol. The van der Waals surface area contributed by atoms with Crippen molar-refractivity contribution >= 4 is 0 Å². The van der Waals surface area contributed by atoms with Crippen LogP contribution in [0.2, 0.25) is 0 Å². The van der Waals surface area contributed by atoms with Crippen LogP contribution in [0.3, 0.4) is 0 Å². The fourth-order valence-corrected chi connectivity index (χ4v) is 2.25. The largest absolute Gasteiger partial charge is 0.385 e. The molecule has 0 aliphatic rings. The monoisotopic (exact) mass is 251 g/mol. The standard InChI is InChI=1S/C15H25NO2/c1-4-16-14(11-8-12-17-2)15(18-3)13-9-6-5-7-10-13/h5-7,9-10,14-16H,4,8,11-12H2,1-3H3. The quantitative estimate of drug-likeness (QED) is 0.685. The van der Waals surface area contributed by atoms with Crippen LogP contribution >= 0.6 is 0 Å².